The molecule has 23 heavy (non-hydrogen) atoms. The van der Waals surface area contributed by atoms with Gasteiger partial charge in [-0.15, -0.1) is 23.5 Å². The number of rotatable bonds is 6. The van der Waals surface area contributed by atoms with E-state index < -0.39 is 0 Å². The first-order valence-corrected chi connectivity index (χ1v) is 10.4. The lowest BCUT2D eigenvalue weighted by Gasteiger charge is -2.28. The first kappa shape index (κ1) is 17.5. The van der Waals surface area contributed by atoms with Crippen LogP contribution in [-0.4, -0.2) is 24.6 Å². The topological polar surface area (TPSA) is 17.8 Å². The summed E-state index contributed by atoms with van der Waals surface area (Å²) >= 11 is 16.5. The van der Waals surface area contributed by atoms with Crippen molar-refractivity contribution in [3.05, 3.63) is 52.5 Å². The molecular weight excluding hydrogens is 367 g/mol. The van der Waals surface area contributed by atoms with Gasteiger partial charge in [-0.2, -0.15) is 0 Å². The summed E-state index contributed by atoms with van der Waals surface area (Å²) in [5, 5.41) is 2.19. The van der Waals surface area contributed by atoms with E-state index >= 15 is 0 Å². The van der Waals surface area contributed by atoms with Gasteiger partial charge in [-0.1, -0.05) is 36.2 Å². The molecule has 2 unspecified atom stereocenters. The molecule has 1 aliphatic heterocycles. The van der Waals surface area contributed by atoms with E-state index in [9.17, 15) is 0 Å². The summed E-state index contributed by atoms with van der Waals surface area (Å²) in [6, 6.07) is 5.80. The number of nitrogens with zero attached hydrogens (tertiary/aromatic N) is 2. The normalized spacial score (nSPS) is 24.2. The number of benzene rings is 1. The van der Waals surface area contributed by atoms with Crippen LogP contribution in [-0.2, 0) is 13.0 Å². The first-order chi connectivity index (χ1) is 11.1. The molecule has 2 nitrogen and oxygen atoms in total. The molecule has 6 heteroatoms. The maximum atomic E-state index is 6.29. The van der Waals surface area contributed by atoms with Crippen molar-refractivity contribution in [2.75, 3.05) is 5.75 Å². The molecule has 1 aliphatic rings. The molecule has 0 spiro atoms. The Balaban J connectivity index is 1.63. The van der Waals surface area contributed by atoms with Crippen LogP contribution in [0.25, 0.3) is 0 Å². The summed E-state index contributed by atoms with van der Waals surface area (Å²) in [6.45, 7) is 3.34. The number of aromatic nitrogens is 2. The van der Waals surface area contributed by atoms with E-state index in [1.54, 1.807) is 0 Å². The fourth-order valence-corrected chi connectivity index (χ4v) is 7.16. The van der Waals surface area contributed by atoms with Gasteiger partial charge in [0.05, 0.1) is 10.4 Å². The minimum atomic E-state index is 0.249. The van der Waals surface area contributed by atoms with Gasteiger partial charge < -0.3 is 4.57 Å². The Kier molecular flexibility index (Phi) is 5.89. The highest BCUT2D eigenvalue weighted by molar-refractivity contribution is 8.21. The maximum absolute atomic E-state index is 6.29. The summed E-state index contributed by atoms with van der Waals surface area (Å²) in [4.78, 5) is 4.18. The van der Waals surface area contributed by atoms with Crippen LogP contribution in [0.3, 0.4) is 0 Å². The van der Waals surface area contributed by atoms with E-state index in [0.717, 1.165) is 24.4 Å². The summed E-state index contributed by atoms with van der Waals surface area (Å²) in [6.07, 6.45) is 9.13. The van der Waals surface area contributed by atoms with Crippen molar-refractivity contribution in [3.63, 3.8) is 0 Å². The van der Waals surface area contributed by atoms with Crippen molar-refractivity contribution in [2.24, 2.45) is 0 Å². The van der Waals surface area contributed by atoms with Crippen molar-refractivity contribution in [3.8, 4) is 0 Å². The minimum Gasteiger partial charge on any atom is -0.335 e. The number of hydrogen-bond acceptors (Lipinski definition) is 3. The summed E-state index contributed by atoms with van der Waals surface area (Å²) in [5.74, 6) is 1.22. The van der Waals surface area contributed by atoms with Crippen molar-refractivity contribution >= 4 is 46.7 Å². The fraction of sp³-hybridized carbons (Fsp3) is 0.471. The van der Waals surface area contributed by atoms with Gasteiger partial charge in [0.15, 0.2) is 0 Å². The average Bonchev–Trinajstić information content (AvgIpc) is 3.12. The smallest absolute Gasteiger partial charge is 0.0946 e. The molecule has 1 aromatic heterocycles. The molecule has 1 fully saturated rings. The molecule has 0 aliphatic carbocycles. The quantitative estimate of drug-likeness (QED) is 0.626. The minimum absolute atomic E-state index is 0.249. The monoisotopic (exact) mass is 386 g/mol. The lowest BCUT2D eigenvalue weighted by molar-refractivity contribution is 0.571. The van der Waals surface area contributed by atoms with Crippen LogP contribution >= 0.6 is 46.7 Å². The Morgan fingerprint density at radius 2 is 2.26 bits per heavy atom. The molecule has 2 atom stereocenters. The zero-order chi connectivity index (χ0) is 16.3. The zero-order valence-corrected chi connectivity index (χ0v) is 16.2. The first-order valence-electron chi connectivity index (χ1n) is 7.78. The fourth-order valence-electron chi connectivity index (χ4n) is 2.93. The zero-order valence-electron chi connectivity index (χ0n) is 13.0. The molecule has 0 radical (unpaired) electrons. The lowest BCUT2D eigenvalue weighted by atomic mass is 10.1. The largest absolute Gasteiger partial charge is 0.335 e. The van der Waals surface area contributed by atoms with E-state index in [2.05, 4.69) is 46.2 Å². The van der Waals surface area contributed by atoms with Crippen LogP contribution in [0.15, 0.2) is 36.9 Å². The van der Waals surface area contributed by atoms with Crippen LogP contribution in [0.4, 0.5) is 0 Å². The van der Waals surface area contributed by atoms with E-state index in [0.29, 0.717) is 10.3 Å². The van der Waals surface area contributed by atoms with Crippen molar-refractivity contribution < 1.29 is 0 Å². The van der Waals surface area contributed by atoms with Gasteiger partial charge >= 0.3 is 0 Å². The highest BCUT2D eigenvalue weighted by Crippen LogP contribution is 2.52. The summed E-state index contributed by atoms with van der Waals surface area (Å²) in [7, 11) is 0. The molecular formula is C17H20Cl2N2S2. The molecule has 1 aromatic carbocycles. The molecule has 2 heterocycles. The Bertz CT molecular complexity index is 648. The molecule has 3 rings (SSSR count). The third-order valence-electron chi connectivity index (χ3n) is 4.00. The molecule has 0 N–H and O–H groups in total. The van der Waals surface area contributed by atoms with E-state index in [4.69, 9.17) is 23.2 Å². The Hall–Kier alpha value is -0.290. The number of imidazole rings is 1. The second-order valence-electron chi connectivity index (χ2n) is 5.97. The van der Waals surface area contributed by atoms with Crippen LogP contribution in [0.2, 0.25) is 10.0 Å². The maximum Gasteiger partial charge on any atom is 0.0946 e. The summed E-state index contributed by atoms with van der Waals surface area (Å²) < 4.78 is 2.45. The number of hydrogen-bond donors (Lipinski definition) is 0. The number of aryl methyl sites for hydroxylation is 1. The van der Waals surface area contributed by atoms with E-state index in [-0.39, 0.29) is 4.08 Å². The standard InChI is InChI=1S/C17H20Cl2N2S2/c1-13-10-22-17(23-13,11-21-8-7-20-12-21)6-2-3-14-4-5-15(18)9-16(14)19/h4-5,7-9,12-13H,2-3,6,10-11H2,1H3. The molecule has 0 saturated carbocycles. The van der Waals surface area contributed by atoms with Gasteiger partial charge in [0.2, 0.25) is 0 Å². The van der Waals surface area contributed by atoms with Gasteiger partial charge in [0, 0.05) is 40.0 Å². The molecule has 0 amide bonds. The van der Waals surface area contributed by atoms with Gasteiger partial charge in [0.1, 0.15) is 0 Å². The second kappa shape index (κ2) is 7.73. The van der Waals surface area contributed by atoms with Crippen LogP contribution in [0, 0.1) is 0 Å². The predicted octanol–water partition coefficient (Wildman–Crippen LogP) is 5.78. The highest BCUT2D eigenvalue weighted by Gasteiger charge is 2.38. The van der Waals surface area contributed by atoms with Crippen molar-refractivity contribution in [1.82, 2.24) is 9.55 Å². The van der Waals surface area contributed by atoms with Crippen LogP contribution in [0.5, 0.6) is 0 Å². The van der Waals surface area contributed by atoms with Crippen molar-refractivity contribution in [1.29, 1.82) is 0 Å². The van der Waals surface area contributed by atoms with Gasteiger partial charge in [-0.25, -0.2) is 4.98 Å². The van der Waals surface area contributed by atoms with E-state index in [1.807, 2.05) is 30.7 Å². The third-order valence-corrected chi connectivity index (χ3v) is 8.30. The Morgan fingerprint density at radius 3 is 2.91 bits per heavy atom. The molecule has 2 aromatic rings. The Morgan fingerprint density at radius 1 is 1.39 bits per heavy atom. The second-order valence-corrected chi connectivity index (χ2v) is 10.3. The van der Waals surface area contributed by atoms with Gasteiger partial charge in [0.25, 0.3) is 0 Å². The van der Waals surface area contributed by atoms with Crippen LogP contribution < -0.4 is 0 Å². The Labute approximate surface area is 156 Å². The van der Waals surface area contributed by atoms with Gasteiger partial charge in [-0.05, 0) is 37.0 Å². The van der Waals surface area contributed by atoms with Gasteiger partial charge in [-0.3, -0.25) is 0 Å². The average molecular weight is 387 g/mol. The molecule has 124 valence electrons. The third kappa shape index (κ3) is 4.62. The molecule has 0 bridgehead atoms. The highest BCUT2D eigenvalue weighted by atomic mass is 35.5. The SMILES string of the molecule is CC1CSC(CCCc2ccc(Cl)cc2Cl)(Cn2ccnc2)S1. The van der Waals surface area contributed by atoms with E-state index in [1.165, 1.54) is 17.7 Å². The lowest BCUT2D eigenvalue weighted by Crippen LogP contribution is -2.24. The predicted molar refractivity (Wildman–Crippen MR) is 104 cm³/mol. The molecule has 1 saturated heterocycles. The van der Waals surface area contributed by atoms with Crippen LogP contribution in [0.1, 0.15) is 25.3 Å². The summed E-state index contributed by atoms with van der Waals surface area (Å²) in [5.41, 5.74) is 1.19. The number of halogens is 2. The van der Waals surface area contributed by atoms with Crippen molar-refractivity contribution in [2.45, 2.75) is 42.1 Å². The number of thioether (sulfide) groups is 2.